The van der Waals surface area contributed by atoms with Crippen LogP contribution in [0.25, 0.3) is 0 Å². The molecular weight excluding hydrogens is 323 g/mol. The van der Waals surface area contributed by atoms with Gasteiger partial charge in [-0.25, -0.2) is 4.39 Å². The van der Waals surface area contributed by atoms with Crippen molar-refractivity contribution >= 4 is 11.9 Å². The number of carbonyl (C=O) groups excluding carboxylic acids is 1. The van der Waals surface area contributed by atoms with E-state index in [1.54, 1.807) is 26.2 Å². The highest BCUT2D eigenvalue weighted by Crippen LogP contribution is 2.20. The highest BCUT2D eigenvalue weighted by molar-refractivity contribution is 5.80. The van der Waals surface area contributed by atoms with Gasteiger partial charge in [-0.2, -0.15) is 0 Å². The number of carbonyl (C=O) groups is 1. The van der Waals surface area contributed by atoms with Crippen molar-refractivity contribution in [1.82, 2.24) is 15.5 Å². The van der Waals surface area contributed by atoms with E-state index in [9.17, 15) is 9.18 Å². The summed E-state index contributed by atoms with van der Waals surface area (Å²) in [5.74, 6) is 1.59. The Balaban J connectivity index is 1.69. The van der Waals surface area contributed by atoms with Crippen molar-refractivity contribution in [2.24, 2.45) is 10.9 Å². The second-order valence-electron chi connectivity index (χ2n) is 6.09. The normalized spacial score (nSPS) is 15.8. The number of hydrogen-bond acceptors (Lipinski definition) is 3. The van der Waals surface area contributed by atoms with Crippen LogP contribution < -0.4 is 15.4 Å². The van der Waals surface area contributed by atoms with Gasteiger partial charge >= 0.3 is 0 Å². The summed E-state index contributed by atoms with van der Waals surface area (Å²) < 4.78 is 18.6. The van der Waals surface area contributed by atoms with Crippen LogP contribution in [0, 0.1) is 11.7 Å². The van der Waals surface area contributed by atoms with E-state index in [4.69, 9.17) is 4.74 Å². The molecule has 6 nitrogen and oxygen atoms in total. The van der Waals surface area contributed by atoms with Crippen molar-refractivity contribution in [3.05, 3.63) is 30.1 Å². The van der Waals surface area contributed by atoms with Gasteiger partial charge in [0, 0.05) is 39.7 Å². The maximum atomic E-state index is 13.1. The Kier molecular flexibility index (Phi) is 7.50. The number of ether oxygens (including phenoxy) is 1. The smallest absolute Gasteiger partial charge is 0.220 e. The third-order valence-corrected chi connectivity index (χ3v) is 4.33. The Hall–Kier alpha value is -2.31. The van der Waals surface area contributed by atoms with Crippen LogP contribution in [0.2, 0.25) is 0 Å². The van der Waals surface area contributed by atoms with Crippen molar-refractivity contribution in [1.29, 1.82) is 0 Å². The minimum atomic E-state index is -0.305. The summed E-state index contributed by atoms with van der Waals surface area (Å²) >= 11 is 0. The molecule has 7 heteroatoms. The molecule has 25 heavy (non-hydrogen) atoms. The maximum absolute atomic E-state index is 13.1. The fourth-order valence-electron chi connectivity index (χ4n) is 2.93. The molecule has 0 unspecified atom stereocenters. The van der Waals surface area contributed by atoms with Crippen molar-refractivity contribution in [2.45, 2.75) is 19.3 Å². The Morgan fingerprint density at radius 1 is 1.40 bits per heavy atom. The largest absolute Gasteiger partial charge is 0.492 e. The topological polar surface area (TPSA) is 66.0 Å². The summed E-state index contributed by atoms with van der Waals surface area (Å²) in [5, 5.41) is 5.95. The van der Waals surface area contributed by atoms with Crippen LogP contribution >= 0.6 is 0 Å². The van der Waals surface area contributed by atoms with Crippen molar-refractivity contribution < 1.29 is 13.9 Å². The molecule has 1 saturated heterocycles. The highest BCUT2D eigenvalue weighted by Gasteiger charge is 2.22. The van der Waals surface area contributed by atoms with Crippen LogP contribution in [0.4, 0.5) is 4.39 Å². The first-order valence-corrected chi connectivity index (χ1v) is 8.67. The molecule has 0 atom stereocenters. The van der Waals surface area contributed by atoms with Crippen LogP contribution in [-0.4, -0.2) is 57.1 Å². The number of amides is 1. The van der Waals surface area contributed by atoms with E-state index < -0.39 is 0 Å². The fourth-order valence-corrected chi connectivity index (χ4v) is 2.93. The molecule has 0 spiro atoms. The average Bonchev–Trinajstić information content (AvgIpc) is 2.63. The van der Waals surface area contributed by atoms with Gasteiger partial charge in [0.05, 0.1) is 6.54 Å². The van der Waals surface area contributed by atoms with Crippen molar-refractivity contribution in [3.8, 4) is 5.75 Å². The maximum Gasteiger partial charge on any atom is 0.220 e. The van der Waals surface area contributed by atoms with Gasteiger partial charge in [-0.3, -0.25) is 9.79 Å². The number of hydrogen-bond donors (Lipinski definition) is 2. The van der Waals surface area contributed by atoms with Gasteiger partial charge in [-0.15, -0.1) is 0 Å². The lowest BCUT2D eigenvalue weighted by Gasteiger charge is -2.34. The predicted octanol–water partition coefficient (Wildman–Crippen LogP) is 1.63. The lowest BCUT2D eigenvalue weighted by atomic mass is 9.93. The zero-order valence-electron chi connectivity index (χ0n) is 14.9. The fraction of sp³-hybridized carbons (Fsp3) is 0.556. The van der Waals surface area contributed by atoms with Gasteiger partial charge in [0.1, 0.15) is 18.2 Å². The van der Waals surface area contributed by atoms with E-state index in [0.717, 1.165) is 31.9 Å². The van der Waals surface area contributed by atoms with Gasteiger partial charge < -0.3 is 20.3 Å². The van der Waals surface area contributed by atoms with Gasteiger partial charge in [0.25, 0.3) is 0 Å². The first kappa shape index (κ1) is 19.0. The highest BCUT2D eigenvalue weighted by atomic mass is 19.1. The van der Waals surface area contributed by atoms with Crippen LogP contribution in [-0.2, 0) is 4.79 Å². The second kappa shape index (κ2) is 9.86. The third kappa shape index (κ3) is 6.25. The lowest BCUT2D eigenvalue weighted by molar-refractivity contribution is -0.121. The second-order valence-corrected chi connectivity index (χ2v) is 6.09. The summed E-state index contributed by atoms with van der Waals surface area (Å²) in [6, 6.07) is 6.11. The van der Waals surface area contributed by atoms with Crippen molar-refractivity contribution in [3.63, 3.8) is 0 Å². The molecule has 0 bridgehead atoms. The zero-order chi connectivity index (χ0) is 18.1. The Morgan fingerprint density at radius 3 is 2.80 bits per heavy atom. The number of likely N-dealkylation sites (tertiary alicyclic amines) is 1. The molecule has 2 rings (SSSR count). The van der Waals surface area contributed by atoms with E-state index >= 15 is 0 Å². The third-order valence-electron chi connectivity index (χ3n) is 4.33. The lowest BCUT2D eigenvalue weighted by Crippen LogP contribution is -2.46. The van der Waals surface area contributed by atoms with E-state index in [1.165, 1.54) is 12.1 Å². The number of benzene rings is 1. The molecule has 1 aliphatic rings. The molecule has 0 saturated carbocycles. The number of rotatable bonds is 6. The van der Waals surface area contributed by atoms with Gasteiger partial charge in [0.2, 0.25) is 5.91 Å². The number of nitrogens with one attached hydrogen (secondary N) is 2. The zero-order valence-corrected chi connectivity index (χ0v) is 14.9. The summed E-state index contributed by atoms with van der Waals surface area (Å²) in [4.78, 5) is 18.0. The molecule has 138 valence electrons. The minimum absolute atomic E-state index is 0.107. The molecule has 0 radical (unpaired) electrons. The quantitative estimate of drug-likeness (QED) is 0.465. The molecule has 1 heterocycles. The standard InChI is InChI=1S/C18H27FN4O2/c1-20-17(24)12-14-6-9-23(10-7-14)18(21-2)22-8-11-25-16-5-3-4-15(19)13-16/h3-5,13-14H,6-12H2,1-2H3,(H,20,24)(H,21,22). The Morgan fingerprint density at radius 2 is 2.16 bits per heavy atom. The summed E-state index contributed by atoms with van der Waals surface area (Å²) in [7, 11) is 3.43. The van der Waals surface area contributed by atoms with Gasteiger partial charge in [0.15, 0.2) is 5.96 Å². The van der Waals surface area contributed by atoms with Crippen LogP contribution in [0.3, 0.4) is 0 Å². The summed E-state index contributed by atoms with van der Waals surface area (Å²) in [6.45, 7) is 2.77. The molecule has 0 aromatic heterocycles. The predicted molar refractivity (Wildman–Crippen MR) is 96.2 cm³/mol. The first-order chi connectivity index (χ1) is 12.1. The summed E-state index contributed by atoms with van der Waals surface area (Å²) in [5.41, 5.74) is 0. The monoisotopic (exact) mass is 350 g/mol. The average molecular weight is 350 g/mol. The molecular formula is C18H27FN4O2. The molecule has 1 aromatic rings. The molecule has 1 aromatic carbocycles. The minimum Gasteiger partial charge on any atom is -0.492 e. The Bertz CT molecular complexity index is 586. The SMILES string of the molecule is CN=C(NCCOc1cccc(F)c1)N1CCC(CC(=O)NC)CC1. The van der Waals surface area contributed by atoms with Crippen LogP contribution in [0.15, 0.2) is 29.3 Å². The number of aliphatic imine (C=N–C) groups is 1. The number of halogens is 1. The van der Waals surface area contributed by atoms with Gasteiger partial charge in [-0.05, 0) is 30.9 Å². The summed E-state index contributed by atoms with van der Waals surface area (Å²) in [6.07, 6.45) is 2.56. The van der Waals surface area contributed by atoms with Gasteiger partial charge in [-0.1, -0.05) is 6.07 Å². The number of piperidine rings is 1. The molecule has 1 fully saturated rings. The molecule has 1 amide bonds. The van der Waals surface area contributed by atoms with Crippen LogP contribution in [0.1, 0.15) is 19.3 Å². The molecule has 0 aliphatic carbocycles. The number of guanidine groups is 1. The van der Waals surface area contributed by atoms with Crippen molar-refractivity contribution in [2.75, 3.05) is 40.3 Å². The van der Waals surface area contributed by atoms with E-state index in [0.29, 0.717) is 31.2 Å². The molecule has 2 N–H and O–H groups in total. The van der Waals surface area contributed by atoms with E-state index in [1.807, 2.05) is 0 Å². The molecule has 1 aliphatic heterocycles. The number of nitrogens with zero attached hydrogens (tertiary/aromatic N) is 2. The Labute approximate surface area is 148 Å². The van der Waals surface area contributed by atoms with E-state index in [2.05, 4.69) is 20.5 Å². The van der Waals surface area contributed by atoms with Crippen LogP contribution in [0.5, 0.6) is 5.75 Å². The van der Waals surface area contributed by atoms with E-state index in [-0.39, 0.29) is 11.7 Å². The first-order valence-electron chi connectivity index (χ1n) is 8.67.